The zero-order valence-corrected chi connectivity index (χ0v) is 11.8. The first kappa shape index (κ1) is 13.1. The third kappa shape index (κ3) is 2.73. The predicted molar refractivity (Wildman–Crippen MR) is 74.3 cm³/mol. The summed E-state index contributed by atoms with van der Waals surface area (Å²) in [6.45, 7) is 3.00. The molecule has 0 bridgehead atoms. The number of aryl methyl sites for hydroxylation is 1. The van der Waals surface area contributed by atoms with Gasteiger partial charge in [-0.15, -0.1) is 11.3 Å². The van der Waals surface area contributed by atoms with E-state index in [2.05, 4.69) is 28.9 Å². The molecule has 0 saturated heterocycles. The molecule has 0 radical (unpaired) electrons. The van der Waals surface area contributed by atoms with Crippen molar-refractivity contribution in [1.29, 1.82) is 0 Å². The van der Waals surface area contributed by atoms with E-state index in [9.17, 15) is 0 Å². The first-order valence-corrected chi connectivity index (χ1v) is 6.96. The number of thiophene rings is 1. The van der Waals surface area contributed by atoms with E-state index in [1.165, 1.54) is 10.4 Å². The van der Waals surface area contributed by atoms with E-state index in [0.29, 0.717) is 0 Å². The first-order chi connectivity index (χ1) is 8.78. The molecule has 18 heavy (non-hydrogen) atoms. The number of hydrogen-bond donors (Lipinski definition) is 1. The van der Waals surface area contributed by atoms with Crippen LogP contribution in [0.2, 0.25) is 0 Å². The number of methoxy groups -OCH3 is 1. The molecular weight excluding hydrogens is 246 g/mol. The number of nitrogens with one attached hydrogen (secondary N) is 1. The Kier molecular flexibility index (Phi) is 4.38. The van der Waals surface area contributed by atoms with Crippen LogP contribution in [0.15, 0.2) is 23.8 Å². The van der Waals surface area contributed by atoms with Gasteiger partial charge in [0.05, 0.1) is 18.2 Å². The zero-order valence-electron chi connectivity index (χ0n) is 11.0. The summed E-state index contributed by atoms with van der Waals surface area (Å²) in [6, 6.07) is 2.29. The van der Waals surface area contributed by atoms with E-state index < -0.39 is 0 Å². The molecule has 0 spiro atoms. The lowest BCUT2D eigenvalue weighted by Crippen LogP contribution is -2.18. The Morgan fingerprint density at radius 2 is 2.39 bits per heavy atom. The van der Waals surface area contributed by atoms with Gasteiger partial charge < -0.3 is 10.1 Å². The molecule has 1 unspecified atom stereocenters. The SMILES string of the molecule is CCn1cc(CC(NC)c2sccc2OC)cn1. The Bertz CT molecular complexity index is 492. The van der Waals surface area contributed by atoms with Gasteiger partial charge in [0.1, 0.15) is 5.75 Å². The van der Waals surface area contributed by atoms with Gasteiger partial charge in [0, 0.05) is 18.8 Å². The van der Waals surface area contributed by atoms with E-state index >= 15 is 0 Å². The first-order valence-electron chi connectivity index (χ1n) is 6.08. The molecule has 2 heterocycles. The number of likely N-dealkylation sites (N-methyl/N-ethyl adjacent to an activating group) is 1. The van der Waals surface area contributed by atoms with Gasteiger partial charge in [-0.1, -0.05) is 0 Å². The maximum Gasteiger partial charge on any atom is 0.134 e. The third-order valence-corrected chi connectivity index (χ3v) is 4.00. The molecule has 0 fully saturated rings. The van der Waals surface area contributed by atoms with E-state index in [1.54, 1.807) is 18.4 Å². The molecule has 0 aliphatic heterocycles. The smallest absolute Gasteiger partial charge is 0.134 e. The van der Waals surface area contributed by atoms with Gasteiger partial charge in [-0.2, -0.15) is 5.10 Å². The molecule has 2 aromatic rings. The van der Waals surface area contributed by atoms with Crippen molar-refractivity contribution in [2.45, 2.75) is 25.9 Å². The monoisotopic (exact) mass is 265 g/mol. The Morgan fingerprint density at radius 3 is 3.00 bits per heavy atom. The molecular formula is C13H19N3OS. The summed E-state index contributed by atoms with van der Waals surface area (Å²) in [6.07, 6.45) is 4.96. The van der Waals surface area contributed by atoms with Crippen LogP contribution in [-0.2, 0) is 13.0 Å². The topological polar surface area (TPSA) is 39.1 Å². The van der Waals surface area contributed by atoms with Crippen molar-refractivity contribution in [2.24, 2.45) is 0 Å². The molecule has 0 saturated carbocycles. The van der Waals surface area contributed by atoms with Gasteiger partial charge in [0.15, 0.2) is 0 Å². The minimum atomic E-state index is 0.273. The normalized spacial score (nSPS) is 12.6. The lowest BCUT2D eigenvalue weighted by Gasteiger charge is -2.15. The summed E-state index contributed by atoms with van der Waals surface area (Å²) in [5, 5.41) is 9.72. The number of rotatable bonds is 6. The lowest BCUT2D eigenvalue weighted by atomic mass is 10.1. The molecule has 2 aromatic heterocycles. The van der Waals surface area contributed by atoms with Gasteiger partial charge in [0.2, 0.25) is 0 Å². The number of aromatic nitrogens is 2. The van der Waals surface area contributed by atoms with Gasteiger partial charge in [-0.25, -0.2) is 0 Å². The fraction of sp³-hybridized carbons (Fsp3) is 0.462. The Morgan fingerprint density at radius 1 is 1.56 bits per heavy atom. The molecule has 5 heteroatoms. The Labute approximate surface area is 112 Å². The van der Waals surface area contributed by atoms with Crippen molar-refractivity contribution in [3.63, 3.8) is 0 Å². The van der Waals surface area contributed by atoms with Crippen LogP contribution < -0.4 is 10.1 Å². The van der Waals surface area contributed by atoms with E-state index in [4.69, 9.17) is 4.74 Å². The van der Waals surface area contributed by atoms with Gasteiger partial charge in [-0.3, -0.25) is 4.68 Å². The minimum Gasteiger partial charge on any atom is -0.496 e. The molecule has 0 amide bonds. The van der Waals surface area contributed by atoms with Crippen LogP contribution in [0, 0.1) is 0 Å². The molecule has 98 valence electrons. The second kappa shape index (κ2) is 6.02. The molecule has 1 N–H and O–H groups in total. The van der Waals surface area contributed by atoms with Crippen molar-refractivity contribution in [1.82, 2.24) is 15.1 Å². The van der Waals surface area contributed by atoms with E-state index in [-0.39, 0.29) is 6.04 Å². The van der Waals surface area contributed by atoms with Crippen molar-refractivity contribution in [3.8, 4) is 5.75 Å². The van der Waals surface area contributed by atoms with Crippen LogP contribution in [0.4, 0.5) is 0 Å². The average molecular weight is 265 g/mol. The molecule has 0 aliphatic rings. The highest BCUT2D eigenvalue weighted by Crippen LogP contribution is 2.32. The third-order valence-electron chi connectivity index (χ3n) is 2.99. The quantitative estimate of drug-likeness (QED) is 0.872. The maximum absolute atomic E-state index is 5.38. The zero-order chi connectivity index (χ0) is 13.0. The van der Waals surface area contributed by atoms with Crippen LogP contribution in [0.3, 0.4) is 0 Å². The van der Waals surface area contributed by atoms with Crippen molar-refractivity contribution >= 4 is 11.3 Å². The van der Waals surface area contributed by atoms with Crippen LogP contribution in [-0.4, -0.2) is 23.9 Å². The van der Waals surface area contributed by atoms with Crippen LogP contribution in [0.5, 0.6) is 5.75 Å². The molecule has 4 nitrogen and oxygen atoms in total. The number of nitrogens with zero attached hydrogens (tertiary/aromatic N) is 2. The summed E-state index contributed by atoms with van der Waals surface area (Å²) in [4.78, 5) is 1.24. The summed E-state index contributed by atoms with van der Waals surface area (Å²) in [5.74, 6) is 0.960. The van der Waals surface area contributed by atoms with Crippen molar-refractivity contribution < 1.29 is 4.74 Å². The Hall–Kier alpha value is -1.33. The maximum atomic E-state index is 5.38. The number of hydrogen-bond acceptors (Lipinski definition) is 4. The predicted octanol–water partition coefficient (Wildman–Crippen LogP) is 2.48. The van der Waals surface area contributed by atoms with E-state index in [0.717, 1.165) is 18.7 Å². The highest BCUT2D eigenvalue weighted by Gasteiger charge is 2.17. The molecule has 1 atom stereocenters. The summed E-state index contributed by atoms with van der Waals surface area (Å²) in [5.41, 5.74) is 1.24. The van der Waals surface area contributed by atoms with Crippen LogP contribution in [0.25, 0.3) is 0 Å². The second-order valence-corrected chi connectivity index (χ2v) is 5.05. The molecule has 2 rings (SSSR count). The molecule has 0 aromatic carbocycles. The lowest BCUT2D eigenvalue weighted by molar-refractivity contribution is 0.405. The fourth-order valence-corrected chi connectivity index (χ4v) is 2.95. The molecule has 0 aliphatic carbocycles. The summed E-state index contributed by atoms with van der Waals surface area (Å²) in [7, 11) is 3.70. The summed E-state index contributed by atoms with van der Waals surface area (Å²) < 4.78 is 7.33. The number of ether oxygens (including phenoxy) is 1. The van der Waals surface area contributed by atoms with Crippen LogP contribution in [0.1, 0.15) is 23.4 Å². The van der Waals surface area contributed by atoms with Crippen molar-refractivity contribution in [2.75, 3.05) is 14.2 Å². The largest absolute Gasteiger partial charge is 0.496 e. The average Bonchev–Trinajstić information content (AvgIpc) is 3.04. The second-order valence-electron chi connectivity index (χ2n) is 4.10. The van der Waals surface area contributed by atoms with Gasteiger partial charge in [-0.05, 0) is 37.4 Å². The van der Waals surface area contributed by atoms with Gasteiger partial charge in [0.25, 0.3) is 0 Å². The fourth-order valence-electron chi connectivity index (χ4n) is 1.98. The van der Waals surface area contributed by atoms with Crippen LogP contribution >= 0.6 is 11.3 Å². The van der Waals surface area contributed by atoms with Gasteiger partial charge >= 0.3 is 0 Å². The standard InChI is InChI=1S/C13H19N3OS/c1-4-16-9-10(8-15-16)7-11(14-2)13-12(17-3)5-6-18-13/h5-6,8-9,11,14H,4,7H2,1-3H3. The Balaban J connectivity index is 2.14. The van der Waals surface area contributed by atoms with Crippen molar-refractivity contribution in [3.05, 3.63) is 34.3 Å². The summed E-state index contributed by atoms with van der Waals surface area (Å²) >= 11 is 1.72. The minimum absolute atomic E-state index is 0.273. The highest BCUT2D eigenvalue weighted by molar-refractivity contribution is 7.10. The highest BCUT2D eigenvalue weighted by atomic mass is 32.1. The van der Waals surface area contributed by atoms with E-state index in [1.807, 2.05) is 24.0 Å².